The van der Waals surface area contributed by atoms with Crippen LogP contribution in [-0.4, -0.2) is 30.4 Å². The Morgan fingerprint density at radius 1 is 0.710 bits per heavy atom. The Balaban J connectivity index is 1.57. The molecule has 3 aromatic rings. The van der Waals surface area contributed by atoms with Gasteiger partial charge in [0.2, 0.25) is 0 Å². The van der Waals surface area contributed by atoms with E-state index < -0.39 is 0 Å². The molecular weight excluding hydrogens is 386 g/mol. The third-order valence-electron chi connectivity index (χ3n) is 5.97. The summed E-state index contributed by atoms with van der Waals surface area (Å²) in [6.45, 7) is 0.503. The van der Waals surface area contributed by atoms with Gasteiger partial charge in [-0.1, -0.05) is 66.7 Å². The first-order chi connectivity index (χ1) is 15.2. The fraction of sp³-hybridized carbons (Fsp3) is 0.185. The maximum absolute atomic E-state index is 13.4. The fourth-order valence-corrected chi connectivity index (χ4v) is 4.05. The van der Waals surface area contributed by atoms with Gasteiger partial charge >= 0.3 is 0 Å². The third kappa shape index (κ3) is 3.66. The van der Waals surface area contributed by atoms with Crippen LogP contribution in [0, 0.1) is 5.92 Å². The molecule has 31 heavy (non-hydrogen) atoms. The summed E-state index contributed by atoms with van der Waals surface area (Å²) in [6.07, 6.45) is 2.16. The van der Waals surface area contributed by atoms with Crippen molar-refractivity contribution in [3.8, 4) is 16.9 Å². The minimum absolute atomic E-state index is 0.199. The first-order valence-electron chi connectivity index (χ1n) is 10.6. The number of carbonyl (C=O) groups excluding carboxylic acids is 2. The van der Waals surface area contributed by atoms with Gasteiger partial charge in [-0.25, -0.2) is 0 Å². The van der Waals surface area contributed by atoms with Gasteiger partial charge < -0.3 is 4.74 Å². The Bertz CT molecular complexity index is 1160. The van der Waals surface area contributed by atoms with Crippen molar-refractivity contribution >= 4 is 23.0 Å². The number of benzene rings is 3. The number of imide groups is 1. The van der Waals surface area contributed by atoms with Crippen molar-refractivity contribution in [1.29, 1.82) is 0 Å². The number of methoxy groups -OCH3 is 1. The molecule has 4 heteroatoms. The molecular formula is C27H23NO3. The molecule has 1 aliphatic heterocycles. The van der Waals surface area contributed by atoms with E-state index in [4.69, 9.17) is 4.74 Å². The largest absolute Gasteiger partial charge is 0.497 e. The Kier molecular flexibility index (Phi) is 4.91. The van der Waals surface area contributed by atoms with Crippen molar-refractivity contribution in [3.63, 3.8) is 0 Å². The number of hydrogen-bond acceptors (Lipinski definition) is 3. The summed E-state index contributed by atoms with van der Waals surface area (Å²) in [5.74, 6) is 0.744. The molecule has 1 fully saturated rings. The highest BCUT2D eigenvalue weighted by molar-refractivity contribution is 6.49. The second-order valence-electron chi connectivity index (χ2n) is 8.09. The van der Waals surface area contributed by atoms with Crippen molar-refractivity contribution in [3.05, 3.63) is 90.0 Å². The summed E-state index contributed by atoms with van der Waals surface area (Å²) in [6, 6.07) is 25.3. The lowest BCUT2D eigenvalue weighted by Gasteiger charge is -2.14. The summed E-state index contributed by atoms with van der Waals surface area (Å²) in [5.41, 5.74) is 4.64. The molecule has 0 atom stereocenters. The Labute approximate surface area is 181 Å². The number of rotatable bonds is 6. The quantitative estimate of drug-likeness (QED) is 0.535. The van der Waals surface area contributed by atoms with Crippen molar-refractivity contribution in [1.82, 2.24) is 4.90 Å². The minimum atomic E-state index is -0.204. The molecule has 1 saturated carbocycles. The van der Waals surface area contributed by atoms with Crippen LogP contribution >= 0.6 is 0 Å². The summed E-state index contributed by atoms with van der Waals surface area (Å²) >= 11 is 0. The smallest absolute Gasteiger partial charge is 0.262 e. The molecule has 0 N–H and O–H groups in total. The summed E-state index contributed by atoms with van der Waals surface area (Å²) < 4.78 is 5.25. The Morgan fingerprint density at radius 3 is 1.71 bits per heavy atom. The lowest BCUT2D eigenvalue weighted by molar-refractivity contribution is -0.136. The normalized spacial score (nSPS) is 16.2. The van der Waals surface area contributed by atoms with Crippen LogP contribution in [0.4, 0.5) is 0 Å². The third-order valence-corrected chi connectivity index (χ3v) is 5.97. The van der Waals surface area contributed by atoms with E-state index in [0.717, 1.165) is 35.1 Å². The minimum Gasteiger partial charge on any atom is -0.497 e. The van der Waals surface area contributed by atoms with Gasteiger partial charge in [0.1, 0.15) is 5.75 Å². The predicted molar refractivity (Wildman–Crippen MR) is 121 cm³/mol. The van der Waals surface area contributed by atoms with E-state index in [0.29, 0.717) is 29.4 Å². The summed E-state index contributed by atoms with van der Waals surface area (Å²) in [5, 5.41) is 0. The molecule has 2 aliphatic rings. The zero-order valence-corrected chi connectivity index (χ0v) is 17.4. The van der Waals surface area contributed by atoms with Gasteiger partial charge in [0.05, 0.1) is 18.3 Å². The molecule has 0 bridgehead atoms. The molecule has 154 valence electrons. The molecule has 1 heterocycles. The van der Waals surface area contributed by atoms with E-state index in [-0.39, 0.29) is 11.8 Å². The van der Waals surface area contributed by atoms with E-state index in [2.05, 4.69) is 12.1 Å². The van der Waals surface area contributed by atoms with Crippen molar-refractivity contribution in [2.24, 2.45) is 5.92 Å². The van der Waals surface area contributed by atoms with Gasteiger partial charge in [-0.2, -0.15) is 0 Å². The first kappa shape index (κ1) is 19.3. The highest BCUT2D eigenvalue weighted by Gasteiger charge is 2.41. The second-order valence-corrected chi connectivity index (χ2v) is 8.09. The molecule has 1 aliphatic carbocycles. The number of nitrogens with zero attached hydrogens (tertiary/aromatic N) is 1. The van der Waals surface area contributed by atoms with Crippen molar-refractivity contribution in [2.45, 2.75) is 12.8 Å². The van der Waals surface area contributed by atoms with Gasteiger partial charge in [0.25, 0.3) is 11.8 Å². The van der Waals surface area contributed by atoms with Gasteiger partial charge in [-0.15, -0.1) is 0 Å². The Morgan fingerprint density at radius 2 is 1.19 bits per heavy atom. The molecule has 0 aromatic heterocycles. The van der Waals surface area contributed by atoms with Crippen LogP contribution in [0.1, 0.15) is 24.0 Å². The number of carbonyl (C=O) groups is 2. The number of amides is 2. The predicted octanol–water partition coefficient (Wildman–Crippen LogP) is 5.05. The topological polar surface area (TPSA) is 46.6 Å². The number of hydrogen-bond donors (Lipinski definition) is 0. The van der Waals surface area contributed by atoms with Crippen LogP contribution in [0.5, 0.6) is 5.75 Å². The summed E-state index contributed by atoms with van der Waals surface area (Å²) in [7, 11) is 1.61. The molecule has 0 saturated heterocycles. The standard InChI is InChI=1S/C27H23NO3/c1-31-23-15-13-22(14-16-23)25-24(26(29)28(27(25)30)17-18-7-8-18)21-11-9-20(10-12-21)19-5-3-2-4-6-19/h2-6,9-16,18H,7-8,17H2,1H3. The average Bonchev–Trinajstić information content (AvgIpc) is 3.61. The maximum Gasteiger partial charge on any atom is 0.262 e. The number of ether oxygens (including phenoxy) is 1. The van der Waals surface area contributed by atoms with Crippen LogP contribution in [-0.2, 0) is 9.59 Å². The van der Waals surface area contributed by atoms with E-state index >= 15 is 0 Å². The highest BCUT2D eigenvalue weighted by Crippen LogP contribution is 2.39. The second kappa shape index (κ2) is 7.88. The zero-order valence-electron chi connectivity index (χ0n) is 17.4. The molecule has 5 rings (SSSR count). The average molecular weight is 409 g/mol. The first-order valence-corrected chi connectivity index (χ1v) is 10.6. The van der Waals surface area contributed by atoms with Crippen LogP contribution in [0.25, 0.3) is 22.3 Å². The van der Waals surface area contributed by atoms with Crippen LogP contribution in [0.2, 0.25) is 0 Å². The zero-order chi connectivity index (χ0) is 21.4. The fourth-order valence-electron chi connectivity index (χ4n) is 4.05. The van der Waals surface area contributed by atoms with Gasteiger partial charge in [-0.3, -0.25) is 14.5 Å². The van der Waals surface area contributed by atoms with Crippen molar-refractivity contribution in [2.75, 3.05) is 13.7 Å². The van der Waals surface area contributed by atoms with Gasteiger partial charge in [0, 0.05) is 6.54 Å². The van der Waals surface area contributed by atoms with Crippen LogP contribution in [0.15, 0.2) is 78.9 Å². The van der Waals surface area contributed by atoms with Crippen LogP contribution in [0.3, 0.4) is 0 Å². The summed E-state index contributed by atoms with van der Waals surface area (Å²) in [4.78, 5) is 28.1. The SMILES string of the molecule is COc1ccc(C2=C(c3ccc(-c4ccccc4)cc3)C(=O)N(CC3CC3)C2=O)cc1. The monoisotopic (exact) mass is 409 g/mol. The van der Waals surface area contributed by atoms with E-state index in [9.17, 15) is 9.59 Å². The van der Waals surface area contributed by atoms with E-state index in [1.807, 2.05) is 66.7 Å². The van der Waals surface area contributed by atoms with Crippen molar-refractivity contribution < 1.29 is 14.3 Å². The maximum atomic E-state index is 13.4. The lowest BCUT2D eigenvalue weighted by Crippen LogP contribution is -2.33. The molecule has 0 radical (unpaired) electrons. The molecule has 4 nitrogen and oxygen atoms in total. The van der Waals surface area contributed by atoms with E-state index in [1.54, 1.807) is 7.11 Å². The van der Waals surface area contributed by atoms with Gasteiger partial charge in [-0.05, 0) is 53.1 Å². The lowest BCUT2D eigenvalue weighted by atomic mass is 9.94. The van der Waals surface area contributed by atoms with Gasteiger partial charge in [0.15, 0.2) is 0 Å². The molecule has 3 aromatic carbocycles. The van der Waals surface area contributed by atoms with Crippen LogP contribution < -0.4 is 4.74 Å². The van der Waals surface area contributed by atoms with E-state index in [1.165, 1.54) is 4.90 Å². The highest BCUT2D eigenvalue weighted by atomic mass is 16.5. The Hall–Kier alpha value is -3.66. The molecule has 0 unspecified atom stereocenters. The molecule has 2 amide bonds. The molecule has 0 spiro atoms.